The summed E-state index contributed by atoms with van der Waals surface area (Å²) in [5, 5.41) is 0. The van der Waals surface area contributed by atoms with Crippen molar-refractivity contribution in [3.05, 3.63) is 18.0 Å². The Labute approximate surface area is 141 Å². The van der Waals surface area contributed by atoms with E-state index in [1.807, 2.05) is 13.8 Å². The highest BCUT2D eigenvalue weighted by atomic mass is 32.2. The summed E-state index contributed by atoms with van der Waals surface area (Å²) < 4.78 is 40.6. The topological polar surface area (TPSA) is 104 Å². The molecule has 24 heavy (non-hydrogen) atoms. The highest BCUT2D eigenvalue weighted by Gasteiger charge is 2.50. The van der Waals surface area contributed by atoms with Crippen LogP contribution in [0.2, 0.25) is 0 Å². The zero-order valence-electron chi connectivity index (χ0n) is 14.1. The number of aryl methyl sites for hydroxylation is 1. The normalized spacial score (nSPS) is 27.6. The number of nitrogens with zero attached hydrogens (tertiary/aromatic N) is 2. The Kier molecular flexibility index (Phi) is 4.03. The highest BCUT2D eigenvalue weighted by Crippen LogP contribution is 2.37. The zero-order valence-corrected chi connectivity index (χ0v) is 14.9. The van der Waals surface area contributed by atoms with Crippen LogP contribution in [0.3, 0.4) is 0 Å². The van der Waals surface area contributed by atoms with E-state index in [9.17, 15) is 13.2 Å². The average Bonchev–Trinajstić information content (AvgIpc) is 3.04. The monoisotopic (exact) mass is 357 g/mol. The van der Waals surface area contributed by atoms with Crippen molar-refractivity contribution in [2.24, 2.45) is 12.8 Å². The summed E-state index contributed by atoms with van der Waals surface area (Å²) in [5.41, 5.74) is 4.20. The van der Waals surface area contributed by atoms with Crippen LogP contribution in [0.25, 0.3) is 0 Å². The quantitative estimate of drug-likeness (QED) is 0.825. The smallest absolute Gasteiger partial charge is 0.265 e. The molecule has 0 aliphatic carbocycles. The van der Waals surface area contributed by atoms with Gasteiger partial charge >= 0.3 is 0 Å². The fourth-order valence-corrected chi connectivity index (χ4v) is 5.22. The number of sulfonamides is 1. The summed E-state index contributed by atoms with van der Waals surface area (Å²) in [4.78, 5) is 11.5. The van der Waals surface area contributed by atoms with E-state index in [-0.39, 0.29) is 23.7 Å². The molecule has 0 saturated carbocycles. The Bertz CT molecular complexity index is 762. The SMILES string of the molecule is Cn1cc(S(=O)(=O)N2CC(C)(C)OC3(CCOC3)C2)cc1C(N)=O. The fourth-order valence-electron chi connectivity index (χ4n) is 3.49. The van der Waals surface area contributed by atoms with E-state index >= 15 is 0 Å². The minimum atomic E-state index is -3.76. The number of nitrogens with two attached hydrogens (primary N) is 1. The van der Waals surface area contributed by atoms with E-state index in [1.54, 1.807) is 7.05 Å². The third-order valence-corrected chi connectivity index (χ3v) is 6.21. The van der Waals surface area contributed by atoms with Crippen LogP contribution in [0.5, 0.6) is 0 Å². The van der Waals surface area contributed by atoms with Gasteiger partial charge in [-0.1, -0.05) is 0 Å². The van der Waals surface area contributed by atoms with Gasteiger partial charge in [-0.2, -0.15) is 4.31 Å². The molecule has 1 aromatic rings. The molecule has 134 valence electrons. The lowest BCUT2D eigenvalue weighted by Gasteiger charge is -2.47. The minimum absolute atomic E-state index is 0.0607. The van der Waals surface area contributed by atoms with Crippen LogP contribution < -0.4 is 5.73 Å². The largest absolute Gasteiger partial charge is 0.378 e. The summed E-state index contributed by atoms with van der Waals surface area (Å²) in [6.07, 6.45) is 2.07. The molecular formula is C15H23N3O5S. The number of hydrogen-bond acceptors (Lipinski definition) is 5. The number of primary amides is 1. The first-order valence-corrected chi connectivity index (χ1v) is 9.23. The molecular weight excluding hydrogens is 334 g/mol. The molecule has 0 bridgehead atoms. The van der Waals surface area contributed by atoms with Gasteiger partial charge in [0.05, 0.1) is 12.2 Å². The molecule has 0 aromatic carbocycles. The van der Waals surface area contributed by atoms with E-state index in [0.717, 1.165) is 0 Å². The standard InChI is InChI=1S/C15H23N3O5S/c1-14(2)8-18(9-15(23-14)4-5-22-10-15)24(20,21)11-6-12(13(16)19)17(3)7-11/h6-7H,4-5,8-10H2,1-3H3,(H2,16,19). The molecule has 2 aliphatic rings. The van der Waals surface area contributed by atoms with Crippen molar-refractivity contribution in [3.63, 3.8) is 0 Å². The minimum Gasteiger partial charge on any atom is -0.378 e. The van der Waals surface area contributed by atoms with Gasteiger partial charge in [0.15, 0.2) is 0 Å². The van der Waals surface area contributed by atoms with E-state index in [0.29, 0.717) is 19.6 Å². The first-order chi connectivity index (χ1) is 11.0. The maximum atomic E-state index is 13.1. The molecule has 2 aliphatic heterocycles. The second-order valence-corrected chi connectivity index (χ2v) is 9.09. The summed E-state index contributed by atoms with van der Waals surface area (Å²) in [5.74, 6) is -0.665. The van der Waals surface area contributed by atoms with Crippen LogP contribution in [0.4, 0.5) is 0 Å². The molecule has 0 radical (unpaired) electrons. The fraction of sp³-hybridized carbons (Fsp3) is 0.667. The van der Waals surface area contributed by atoms with Gasteiger partial charge in [0.2, 0.25) is 10.0 Å². The van der Waals surface area contributed by atoms with Crippen molar-refractivity contribution in [1.29, 1.82) is 0 Å². The summed E-state index contributed by atoms with van der Waals surface area (Å²) in [6.45, 7) is 5.14. The number of hydrogen-bond donors (Lipinski definition) is 1. The second kappa shape index (κ2) is 5.55. The van der Waals surface area contributed by atoms with Gasteiger partial charge < -0.3 is 19.8 Å². The van der Waals surface area contributed by atoms with Gasteiger partial charge in [-0.25, -0.2) is 8.42 Å². The molecule has 2 fully saturated rings. The van der Waals surface area contributed by atoms with E-state index in [4.69, 9.17) is 15.2 Å². The maximum absolute atomic E-state index is 13.1. The zero-order chi connectivity index (χ0) is 17.8. The molecule has 8 nitrogen and oxygen atoms in total. The Morgan fingerprint density at radius 1 is 1.33 bits per heavy atom. The van der Waals surface area contributed by atoms with Crippen molar-refractivity contribution in [1.82, 2.24) is 8.87 Å². The van der Waals surface area contributed by atoms with Crippen LogP contribution >= 0.6 is 0 Å². The Hall–Kier alpha value is -1.42. The van der Waals surface area contributed by atoms with Gasteiger partial charge in [0, 0.05) is 39.4 Å². The van der Waals surface area contributed by atoms with Crippen LogP contribution in [0.15, 0.2) is 17.2 Å². The van der Waals surface area contributed by atoms with E-state index in [1.165, 1.54) is 21.1 Å². The molecule has 2 N–H and O–H groups in total. The molecule has 1 unspecified atom stereocenters. The molecule has 3 rings (SSSR count). The second-order valence-electron chi connectivity index (χ2n) is 7.16. The number of amides is 1. The molecule has 9 heteroatoms. The molecule has 2 saturated heterocycles. The Balaban J connectivity index is 1.96. The molecule has 1 amide bonds. The molecule has 1 aromatic heterocycles. The third kappa shape index (κ3) is 2.97. The van der Waals surface area contributed by atoms with Gasteiger partial charge in [-0.15, -0.1) is 0 Å². The summed E-state index contributed by atoms with van der Waals surface area (Å²) >= 11 is 0. The van der Waals surface area contributed by atoms with Crippen molar-refractivity contribution in [3.8, 4) is 0 Å². The number of carbonyl (C=O) groups excluding carboxylic acids is 1. The van der Waals surface area contributed by atoms with Gasteiger partial charge in [0.25, 0.3) is 5.91 Å². The van der Waals surface area contributed by atoms with Crippen LogP contribution in [-0.4, -0.2) is 60.7 Å². The number of ether oxygens (including phenoxy) is 2. The average molecular weight is 357 g/mol. The van der Waals surface area contributed by atoms with E-state index < -0.39 is 27.1 Å². The first kappa shape index (κ1) is 17.4. The maximum Gasteiger partial charge on any atom is 0.265 e. The van der Waals surface area contributed by atoms with Crippen molar-refractivity contribution >= 4 is 15.9 Å². The highest BCUT2D eigenvalue weighted by molar-refractivity contribution is 7.89. The lowest BCUT2D eigenvalue weighted by atomic mass is 9.97. The van der Waals surface area contributed by atoms with E-state index in [2.05, 4.69) is 0 Å². The molecule has 1 spiro atoms. The van der Waals surface area contributed by atoms with Gasteiger partial charge in [-0.05, 0) is 19.9 Å². The van der Waals surface area contributed by atoms with Crippen LogP contribution in [-0.2, 0) is 26.5 Å². The number of aromatic nitrogens is 1. The van der Waals surface area contributed by atoms with Crippen molar-refractivity contribution in [2.75, 3.05) is 26.3 Å². The number of rotatable bonds is 3. The van der Waals surface area contributed by atoms with Crippen LogP contribution in [0, 0.1) is 0 Å². The van der Waals surface area contributed by atoms with Gasteiger partial charge in [0.1, 0.15) is 16.2 Å². The van der Waals surface area contributed by atoms with Crippen molar-refractivity contribution in [2.45, 2.75) is 36.4 Å². The molecule has 1 atom stereocenters. The summed E-state index contributed by atoms with van der Waals surface area (Å²) in [6, 6.07) is 1.32. The third-order valence-electron chi connectivity index (χ3n) is 4.45. The lowest BCUT2D eigenvalue weighted by Crippen LogP contribution is -2.61. The number of carbonyl (C=O) groups is 1. The number of morpholine rings is 1. The van der Waals surface area contributed by atoms with Crippen LogP contribution in [0.1, 0.15) is 30.8 Å². The Morgan fingerprint density at radius 3 is 2.58 bits per heavy atom. The Morgan fingerprint density at radius 2 is 2.04 bits per heavy atom. The molecule has 3 heterocycles. The first-order valence-electron chi connectivity index (χ1n) is 7.79. The van der Waals surface area contributed by atoms with Gasteiger partial charge in [-0.3, -0.25) is 4.79 Å². The summed E-state index contributed by atoms with van der Waals surface area (Å²) in [7, 11) is -2.17. The predicted molar refractivity (Wildman–Crippen MR) is 86.0 cm³/mol. The predicted octanol–water partition coefficient (Wildman–Crippen LogP) is 0.0826. The lowest BCUT2D eigenvalue weighted by molar-refractivity contribution is -0.180. The van der Waals surface area contributed by atoms with Crippen molar-refractivity contribution < 1.29 is 22.7 Å².